The van der Waals surface area contributed by atoms with Gasteiger partial charge in [-0.2, -0.15) is 0 Å². The summed E-state index contributed by atoms with van der Waals surface area (Å²) in [5, 5.41) is 0. The highest BCUT2D eigenvalue weighted by atomic mass is 79.9. The lowest BCUT2D eigenvalue weighted by molar-refractivity contribution is 0.854. The van der Waals surface area contributed by atoms with Crippen LogP contribution in [0.5, 0.6) is 0 Å². The minimum Gasteiger partial charge on any atom is -0.0836 e. The van der Waals surface area contributed by atoms with Crippen LogP contribution in [0.2, 0.25) is 0 Å². The molecule has 0 bridgehead atoms. The summed E-state index contributed by atoms with van der Waals surface area (Å²) < 4.78 is 1.14. The lowest BCUT2D eigenvalue weighted by Gasteiger charge is -2.15. The van der Waals surface area contributed by atoms with E-state index in [1.165, 1.54) is 16.7 Å². The molecule has 0 heterocycles. The van der Waals surface area contributed by atoms with Crippen molar-refractivity contribution in [3.63, 3.8) is 0 Å². The van der Waals surface area contributed by atoms with Gasteiger partial charge in [-0.25, -0.2) is 0 Å². The van der Waals surface area contributed by atoms with Gasteiger partial charge >= 0.3 is 0 Å². The second-order valence-electron chi connectivity index (χ2n) is 4.76. The minimum atomic E-state index is 0.507. The molecule has 0 N–H and O–H groups in total. The van der Waals surface area contributed by atoms with Crippen LogP contribution in [-0.4, -0.2) is 0 Å². The van der Waals surface area contributed by atoms with E-state index < -0.39 is 0 Å². The van der Waals surface area contributed by atoms with Crippen LogP contribution < -0.4 is 0 Å². The molecule has 0 aromatic heterocycles. The van der Waals surface area contributed by atoms with E-state index in [2.05, 4.69) is 82.7 Å². The predicted molar refractivity (Wildman–Crippen MR) is 85.2 cm³/mol. The van der Waals surface area contributed by atoms with Gasteiger partial charge in [-0.05, 0) is 29.2 Å². The van der Waals surface area contributed by atoms with Gasteiger partial charge < -0.3 is 0 Å². The fourth-order valence-electron chi connectivity index (χ4n) is 2.46. The topological polar surface area (TPSA) is 0 Å². The zero-order chi connectivity index (χ0) is 13.1. The highest BCUT2D eigenvalue weighted by molar-refractivity contribution is 9.10. The lowest BCUT2D eigenvalue weighted by atomic mass is 9.90. The van der Waals surface area contributed by atoms with E-state index in [0.29, 0.717) is 5.92 Å². The summed E-state index contributed by atoms with van der Waals surface area (Å²) in [4.78, 5) is 0. The first-order valence-electron chi connectivity index (χ1n) is 6.53. The zero-order valence-electron chi connectivity index (χ0n) is 10.6. The Bertz CT molecular complexity index is 638. The third-order valence-electron chi connectivity index (χ3n) is 3.48. The number of hydrogen-bond acceptors (Lipinski definition) is 0. The van der Waals surface area contributed by atoms with Crippen molar-refractivity contribution in [3.05, 3.63) is 82.9 Å². The molecule has 1 unspecified atom stereocenters. The van der Waals surface area contributed by atoms with Gasteiger partial charge in [-0.3, -0.25) is 0 Å². The maximum Gasteiger partial charge on any atom is 0.0253 e. The van der Waals surface area contributed by atoms with E-state index >= 15 is 0 Å². The van der Waals surface area contributed by atoms with Crippen molar-refractivity contribution in [2.45, 2.75) is 12.3 Å². The molecule has 0 saturated carbocycles. The Kier molecular flexibility index (Phi) is 3.65. The maximum absolute atomic E-state index is 3.63. The molecular weight excluding hydrogens is 296 g/mol. The molecule has 0 aliphatic heterocycles. The van der Waals surface area contributed by atoms with E-state index in [0.717, 1.165) is 10.9 Å². The number of rotatable bonds is 2. The third kappa shape index (κ3) is 2.71. The summed E-state index contributed by atoms with van der Waals surface area (Å²) in [6.45, 7) is 0. The molecule has 0 amide bonds. The maximum atomic E-state index is 3.63. The molecule has 19 heavy (non-hydrogen) atoms. The predicted octanol–water partition coefficient (Wildman–Crippen LogP) is 5.72. The Labute approximate surface area is 122 Å². The Hall–Kier alpha value is -1.60. The molecule has 0 fully saturated rings. The van der Waals surface area contributed by atoms with Crippen molar-refractivity contribution in [1.29, 1.82) is 0 Å². The molecule has 1 atom stereocenters. The summed E-state index contributed by atoms with van der Waals surface area (Å²) in [6, 6.07) is 17.2. The van der Waals surface area contributed by atoms with Gasteiger partial charge in [0.2, 0.25) is 0 Å². The van der Waals surface area contributed by atoms with Gasteiger partial charge in [0.05, 0.1) is 0 Å². The van der Waals surface area contributed by atoms with E-state index in [4.69, 9.17) is 0 Å². The van der Waals surface area contributed by atoms with Gasteiger partial charge in [0.1, 0.15) is 0 Å². The van der Waals surface area contributed by atoms with E-state index in [-0.39, 0.29) is 0 Å². The normalized spacial score (nSPS) is 17.6. The van der Waals surface area contributed by atoms with Gasteiger partial charge in [0, 0.05) is 10.4 Å². The molecule has 1 aliphatic rings. The second kappa shape index (κ2) is 5.58. The van der Waals surface area contributed by atoms with E-state index in [1.54, 1.807) is 0 Å². The zero-order valence-corrected chi connectivity index (χ0v) is 12.2. The van der Waals surface area contributed by atoms with Crippen molar-refractivity contribution >= 4 is 15.9 Å². The largest absolute Gasteiger partial charge is 0.0836 e. The standard InChI is InChI=1S/C18H15Br/c19-18-12-5-4-11-17(18)16-10-6-9-15(13-16)14-7-2-1-3-8-14/h1-7,9-14H,8H2. The number of benzene rings is 2. The average molecular weight is 311 g/mol. The van der Waals surface area contributed by atoms with Gasteiger partial charge in [-0.15, -0.1) is 0 Å². The van der Waals surface area contributed by atoms with Gasteiger partial charge in [0.15, 0.2) is 0 Å². The summed E-state index contributed by atoms with van der Waals surface area (Å²) in [6.07, 6.45) is 9.86. The molecule has 2 aromatic rings. The smallest absolute Gasteiger partial charge is 0.0253 e. The highest BCUT2D eigenvalue weighted by Crippen LogP contribution is 2.32. The molecule has 0 radical (unpaired) electrons. The van der Waals surface area contributed by atoms with Crippen molar-refractivity contribution in [2.24, 2.45) is 0 Å². The monoisotopic (exact) mass is 310 g/mol. The summed E-state index contributed by atoms with van der Waals surface area (Å²) in [7, 11) is 0. The van der Waals surface area contributed by atoms with Crippen LogP contribution in [0, 0.1) is 0 Å². The highest BCUT2D eigenvalue weighted by Gasteiger charge is 2.10. The summed E-state index contributed by atoms with van der Waals surface area (Å²) >= 11 is 3.63. The molecule has 3 rings (SSSR count). The number of hydrogen-bond donors (Lipinski definition) is 0. The Morgan fingerprint density at radius 3 is 2.63 bits per heavy atom. The first-order chi connectivity index (χ1) is 9.34. The van der Waals surface area contributed by atoms with Crippen molar-refractivity contribution in [1.82, 2.24) is 0 Å². The Balaban J connectivity index is 1.98. The fourth-order valence-corrected chi connectivity index (χ4v) is 2.97. The number of halogens is 1. The fraction of sp³-hybridized carbons (Fsp3) is 0.111. The van der Waals surface area contributed by atoms with Gasteiger partial charge in [0.25, 0.3) is 0 Å². The third-order valence-corrected chi connectivity index (χ3v) is 4.17. The van der Waals surface area contributed by atoms with Crippen LogP contribution in [0.3, 0.4) is 0 Å². The first-order valence-corrected chi connectivity index (χ1v) is 7.32. The first kappa shape index (κ1) is 12.4. The van der Waals surface area contributed by atoms with Crippen molar-refractivity contribution < 1.29 is 0 Å². The molecule has 1 heteroatoms. The Morgan fingerprint density at radius 2 is 1.84 bits per heavy atom. The van der Waals surface area contributed by atoms with Crippen LogP contribution in [0.4, 0.5) is 0 Å². The molecule has 0 nitrogen and oxygen atoms in total. The van der Waals surface area contributed by atoms with Crippen LogP contribution >= 0.6 is 15.9 Å². The van der Waals surface area contributed by atoms with Crippen molar-refractivity contribution in [2.75, 3.05) is 0 Å². The molecule has 1 aliphatic carbocycles. The van der Waals surface area contributed by atoms with Crippen LogP contribution in [0.25, 0.3) is 11.1 Å². The molecule has 0 spiro atoms. The van der Waals surface area contributed by atoms with Gasteiger partial charge in [-0.1, -0.05) is 82.7 Å². The molecule has 94 valence electrons. The van der Waals surface area contributed by atoms with E-state index in [9.17, 15) is 0 Å². The molecular formula is C18H15Br. The summed E-state index contributed by atoms with van der Waals surface area (Å²) in [5.41, 5.74) is 3.90. The SMILES string of the molecule is Brc1ccccc1-c1cccc(C2C=CC=CC2)c1. The second-order valence-corrected chi connectivity index (χ2v) is 5.61. The number of allylic oxidation sites excluding steroid dienone is 4. The van der Waals surface area contributed by atoms with Crippen LogP contribution in [0.1, 0.15) is 17.9 Å². The average Bonchev–Trinajstić information content (AvgIpc) is 2.49. The molecule has 2 aromatic carbocycles. The van der Waals surface area contributed by atoms with Crippen LogP contribution in [-0.2, 0) is 0 Å². The quantitative estimate of drug-likeness (QED) is 0.666. The summed E-state index contributed by atoms with van der Waals surface area (Å²) in [5.74, 6) is 0.507. The lowest BCUT2D eigenvalue weighted by Crippen LogP contribution is -1.96. The van der Waals surface area contributed by atoms with Crippen molar-refractivity contribution in [3.8, 4) is 11.1 Å². The Morgan fingerprint density at radius 1 is 0.947 bits per heavy atom. The minimum absolute atomic E-state index is 0.507. The van der Waals surface area contributed by atoms with Crippen LogP contribution in [0.15, 0.2) is 77.3 Å². The molecule has 0 saturated heterocycles. The van der Waals surface area contributed by atoms with E-state index in [1.807, 2.05) is 6.07 Å².